The summed E-state index contributed by atoms with van der Waals surface area (Å²) in [4.78, 5) is 30.6. The number of amides is 2. The Bertz CT molecular complexity index is 721. The maximum atomic E-state index is 13.1. The molecular formula is C21H31F3N4O2. The zero-order valence-corrected chi connectivity index (χ0v) is 18.0. The maximum Gasteiger partial charge on any atom is 0.418 e. The first-order valence-electron chi connectivity index (χ1n) is 10.2. The summed E-state index contributed by atoms with van der Waals surface area (Å²) >= 11 is 0. The van der Waals surface area contributed by atoms with Gasteiger partial charge >= 0.3 is 6.18 Å². The second kappa shape index (κ2) is 10.3. The first kappa shape index (κ1) is 24.1. The van der Waals surface area contributed by atoms with Crippen molar-refractivity contribution in [1.29, 1.82) is 0 Å². The van der Waals surface area contributed by atoms with Gasteiger partial charge in [0.15, 0.2) is 0 Å². The number of nitrogens with zero attached hydrogens (tertiary/aromatic N) is 3. The van der Waals surface area contributed by atoms with E-state index in [0.29, 0.717) is 32.7 Å². The molecule has 9 heteroatoms. The lowest BCUT2D eigenvalue weighted by atomic mass is 10.1. The first-order chi connectivity index (χ1) is 14.0. The summed E-state index contributed by atoms with van der Waals surface area (Å²) in [6, 6.07) is 5.20. The Morgan fingerprint density at radius 2 is 1.47 bits per heavy atom. The normalized spacial score (nSPS) is 16.2. The minimum atomic E-state index is -4.53. The molecule has 1 aliphatic heterocycles. The Hall–Kier alpha value is -2.13. The quantitative estimate of drug-likeness (QED) is 0.726. The molecule has 168 valence electrons. The zero-order valence-electron chi connectivity index (χ0n) is 18.0. The third-order valence-corrected chi connectivity index (χ3v) is 5.10. The number of anilines is 1. The van der Waals surface area contributed by atoms with Crippen LogP contribution in [0.5, 0.6) is 0 Å². The van der Waals surface area contributed by atoms with E-state index in [-0.39, 0.29) is 30.2 Å². The van der Waals surface area contributed by atoms with Crippen molar-refractivity contribution in [3.05, 3.63) is 29.8 Å². The highest BCUT2D eigenvalue weighted by Gasteiger charge is 2.33. The topological polar surface area (TPSA) is 55.9 Å². The number of para-hydroxylation sites is 1. The minimum Gasteiger partial charge on any atom is -0.337 e. The average Bonchev–Trinajstić information content (AvgIpc) is 2.62. The molecule has 0 unspecified atom stereocenters. The fourth-order valence-electron chi connectivity index (χ4n) is 3.78. The van der Waals surface area contributed by atoms with Crippen LogP contribution in [0.3, 0.4) is 0 Å². The van der Waals surface area contributed by atoms with Gasteiger partial charge in [0.2, 0.25) is 11.8 Å². The smallest absolute Gasteiger partial charge is 0.337 e. The Balaban J connectivity index is 1.84. The standard InChI is InChI=1S/C21H31F3N4O2/c1-15(2)28(16(3)4)20(30)14-27-11-9-26(10-12-27)13-19(29)25-18-8-6-5-7-17(18)21(22,23)24/h5-8,15-16H,9-14H2,1-4H3,(H,25,29). The minimum absolute atomic E-state index is 0.0120. The number of benzene rings is 1. The van der Waals surface area contributed by atoms with Gasteiger partial charge in [0, 0.05) is 38.3 Å². The lowest BCUT2D eigenvalue weighted by Gasteiger charge is -2.37. The van der Waals surface area contributed by atoms with Crippen LogP contribution in [0.25, 0.3) is 0 Å². The molecule has 0 atom stereocenters. The predicted octanol–water partition coefficient (Wildman–Crippen LogP) is 2.91. The Morgan fingerprint density at radius 3 is 1.97 bits per heavy atom. The van der Waals surface area contributed by atoms with E-state index >= 15 is 0 Å². The summed E-state index contributed by atoms with van der Waals surface area (Å²) in [6.07, 6.45) is -4.53. The van der Waals surface area contributed by atoms with Crippen LogP contribution in [-0.4, -0.2) is 77.9 Å². The van der Waals surface area contributed by atoms with Gasteiger partial charge in [-0.15, -0.1) is 0 Å². The Labute approximate surface area is 176 Å². The number of hydrogen-bond acceptors (Lipinski definition) is 4. The number of rotatable bonds is 7. The van der Waals surface area contributed by atoms with E-state index in [2.05, 4.69) is 5.32 Å². The van der Waals surface area contributed by atoms with E-state index in [1.165, 1.54) is 18.2 Å². The predicted molar refractivity (Wildman–Crippen MR) is 110 cm³/mol. The van der Waals surface area contributed by atoms with Crippen molar-refractivity contribution >= 4 is 17.5 Å². The molecule has 0 spiro atoms. The monoisotopic (exact) mass is 428 g/mol. The van der Waals surface area contributed by atoms with Crippen LogP contribution in [0.15, 0.2) is 24.3 Å². The van der Waals surface area contributed by atoms with Crippen molar-refractivity contribution in [2.24, 2.45) is 0 Å². The molecule has 1 heterocycles. The van der Waals surface area contributed by atoms with Gasteiger partial charge in [-0.2, -0.15) is 13.2 Å². The molecule has 1 aromatic rings. The molecular weight excluding hydrogens is 397 g/mol. The second-order valence-electron chi connectivity index (χ2n) is 8.13. The SMILES string of the molecule is CC(C)N(C(=O)CN1CCN(CC(=O)Nc2ccccc2C(F)(F)F)CC1)C(C)C. The van der Waals surface area contributed by atoms with Crippen LogP contribution in [0.2, 0.25) is 0 Å². The van der Waals surface area contributed by atoms with Crippen LogP contribution in [0, 0.1) is 0 Å². The summed E-state index contributed by atoms with van der Waals surface area (Å²) in [5, 5.41) is 2.37. The number of carbonyl (C=O) groups excluding carboxylic acids is 2. The molecule has 1 fully saturated rings. The van der Waals surface area contributed by atoms with Crippen molar-refractivity contribution in [2.75, 3.05) is 44.6 Å². The molecule has 30 heavy (non-hydrogen) atoms. The van der Waals surface area contributed by atoms with Crippen molar-refractivity contribution in [2.45, 2.75) is 46.0 Å². The van der Waals surface area contributed by atoms with E-state index in [0.717, 1.165) is 6.07 Å². The summed E-state index contributed by atoms with van der Waals surface area (Å²) in [5.74, 6) is -0.406. The van der Waals surface area contributed by atoms with E-state index in [1.807, 2.05) is 42.4 Å². The van der Waals surface area contributed by atoms with Gasteiger partial charge < -0.3 is 10.2 Å². The van der Waals surface area contributed by atoms with Crippen LogP contribution in [0.1, 0.15) is 33.3 Å². The number of carbonyl (C=O) groups is 2. The summed E-state index contributed by atoms with van der Waals surface area (Å²) in [5.41, 5.74) is -1.09. The molecule has 0 saturated carbocycles. The van der Waals surface area contributed by atoms with Crippen LogP contribution in [0.4, 0.5) is 18.9 Å². The van der Waals surface area contributed by atoms with Gasteiger partial charge in [-0.3, -0.25) is 19.4 Å². The second-order valence-corrected chi connectivity index (χ2v) is 8.13. The van der Waals surface area contributed by atoms with E-state index in [9.17, 15) is 22.8 Å². The third-order valence-electron chi connectivity index (χ3n) is 5.10. The zero-order chi connectivity index (χ0) is 22.5. The molecule has 0 aliphatic carbocycles. The van der Waals surface area contributed by atoms with Crippen molar-refractivity contribution in [3.8, 4) is 0 Å². The molecule has 2 rings (SSSR count). The summed E-state index contributed by atoms with van der Waals surface area (Å²) < 4.78 is 39.2. The largest absolute Gasteiger partial charge is 0.418 e. The van der Waals surface area contributed by atoms with E-state index < -0.39 is 17.6 Å². The highest BCUT2D eigenvalue weighted by molar-refractivity contribution is 5.93. The van der Waals surface area contributed by atoms with Crippen molar-refractivity contribution in [3.63, 3.8) is 0 Å². The summed E-state index contributed by atoms with van der Waals surface area (Å²) in [6.45, 7) is 10.7. The molecule has 1 N–H and O–H groups in total. The maximum absolute atomic E-state index is 13.1. The van der Waals surface area contributed by atoms with Crippen LogP contribution in [-0.2, 0) is 15.8 Å². The number of hydrogen-bond donors (Lipinski definition) is 1. The lowest BCUT2D eigenvalue weighted by Crippen LogP contribution is -2.53. The number of halogens is 3. The average molecular weight is 428 g/mol. The molecule has 0 bridgehead atoms. The Morgan fingerprint density at radius 1 is 0.967 bits per heavy atom. The number of piperazine rings is 1. The van der Waals surface area contributed by atoms with Crippen LogP contribution >= 0.6 is 0 Å². The molecule has 6 nitrogen and oxygen atoms in total. The van der Waals surface area contributed by atoms with Crippen LogP contribution < -0.4 is 5.32 Å². The van der Waals surface area contributed by atoms with Gasteiger partial charge in [-0.1, -0.05) is 12.1 Å². The number of nitrogens with one attached hydrogen (secondary N) is 1. The molecule has 0 aromatic heterocycles. The molecule has 0 radical (unpaired) electrons. The van der Waals surface area contributed by atoms with Crippen molar-refractivity contribution in [1.82, 2.24) is 14.7 Å². The van der Waals surface area contributed by atoms with Gasteiger partial charge in [0.05, 0.1) is 24.3 Å². The lowest BCUT2D eigenvalue weighted by molar-refractivity contribution is -0.137. The molecule has 1 aromatic carbocycles. The van der Waals surface area contributed by atoms with E-state index in [1.54, 1.807) is 0 Å². The van der Waals surface area contributed by atoms with Gasteiger partial charge in [0.25, 0.3) is 0 Å². The van der Waals surface area contributed by atoms with E-state index in [4.69, 9.17) is 0 Å². The van der Waals surface area contributed by atoms with Gasteiger partial charge in [-0.05, 0) is 39.8 Å². The third kappa shape index (κ3) is 6.70. The van der Waals surface area contributed by atoms with Gasteiger partial charge in [-0.25, -0.2) is 0 Å². The fraction of sp³-hybridized carbons (Fsp3) is 0.619. The van der Waals surface area contributed by atoms with Gasteiger partial charge in [0.1, 0.15) is 0 Å². The first-order valence-corrected chi connectivity index (χ1v) is 10.2. The summed E-state index contributed by atoms with van der Waals surface area (Å²) in [7, 11) is 0. The fourth-order valence-corrected chi connectivity index (χ4v) is 3.78. The molecule has 1 saturated heterocycles. The molecule has 1 aliphatic rings. The highest BCUT2D eigenvalue weighted by atomic mass is 19.4. The number of alkyl halides is 3. The Kier molecular flexibility index (Phi) is 8.25. The highest BCUT2D eigenvalue weighted by Crippen LogP contribution is 2.34. The molecule has 2 amide bonds. The van der Waals surface area contributed by atoms with Crippen molar-refractivity contribution < 1.29 is 22.8 Å².